The van der Waals surface area contributed by atoms with E-state index in [4.69, 9.17) is 24.2 Å². The maximum absolute atomic E-state index is 5.95. The average molecular weight is 541 g/mol. The van der Waals surface area contributed by atoms with Crippen molar-refractivity contribution in [3.05, 3.63) is 89.5 Å². The van der Waals surface area contributed by atoms with Crippen LogP contribution < -0.4 is 4.74 Å². The highest BCUT2D eigenvalue weighted by molar-refractivity contribution is 5.88. The minimum atomic E-state index is 0. The average Bonchev–Trinajstić information content (AvgIpc) is 3.72. The van der Waals surface area contributed by atoms with Gasteiger partial charge < -0.3 is 24.2 Å². The van der Waals surface area contributed by atoms with Crippen LogP contribution in [-0.4, -0.2) is 53.5 Å². The molecule has 8 heteroatoms. The molecule has 2 aliphatic heterocycles. The fourth-order valence-electron chi connectivity index (χ4n) is 4.47. The smallest absolute Gasteiger partial charge is 0.120 e. The normalized spacial score (nSPS) is 11.9. The van der Waals surface area contributed by atoms with E-state index >= 15 is 0 Å². The van der Waals surface area contributed by atoms with Crippen molar-refractivity contribution < 1.29 is 14.2 Å². The Balaban J connectivity index is 0.00000308. The van der Waals surface area contributed by atoms with E-state index in [1.165, 1.54) is 0 Å². The molecule has 2 aliphatic rings. The zero-order chi connectivity index (χ0) is 25.7. The molecule has 0 saturated carbocycles. The first-order chi connectivity index (χ1) is 18.7. The molecule has 198 valence electrons. The molecule has 6 rings (SSSR count). The monoisotopic (exact) mass is 540 g/mol. The second-order valence-electron chi connectivity index (χ2n) is 9.07. The molecule has 5 heterocycles. The second kappa shape index (κ2) is 12.1. The zero-order valence-electron chi connectivity index (χ0n) is 21.5. The van der Waals surface area contributed by atoms with E-state index in [0.717, 1.165) is 61.7 Å². The van der Waals surface area contributed by atoms with Gasteiger partial charge in [0.25, 0.3) is 0 Å². The number of rotatable bonds is 8. The number of H-pyrrole nitrogens is 2. The van der Waals surface area contributed by atoms with Crippen LogP contribution in [0, 0.1) is 0 Å². The Morgan fingerprint density at radius 2 is 1.33 bits per heavy atom. The van der Waals surface area contributed by atoms with Crippen molar-refractivity contribution in [1.29, 1.82) is 0 Å². The number of ether oxygens (including phenoxy) is 3. The summed E-state index contributed by atoms with van der Waals surface area (Å²) in [6.45, 7) is 2.12. The third-order valence-corrected chi connectivity index (χ3v) is 6.24. The van der Waals surface area contributed by atoms with E-state index in [0.29, 0.717) is 26.4 Å². The molecule has 7 nitrogen and oxygen atoms in total. The van der Waals surface area contributed by atoms with Gasteiger partial charge in [-0.05, 0) is 84.5 Å². The fourth-order valence-corrected chi connectivity index (χ4v) is 4.47. The third-order valence-electron chi connectivity index (χ3n) is 6.24. The predicted octanol–water partition coefficient (Wildman–Crippen LogP) is 6.79. The second-order valence-corrected chi connectivity index (χ2v) is 9.07. The molecule has 2 N–H and O–H groups in total. The summed E-state index contributed by atoms with van der Waals surface area (Å²) in [4.78, 5) is 16.5. The molecule has 0 radical (unpaired) electrons. The molecule has 39 heavy (non-hydrogen) atoms. The van der Waals surface area contributed by atoms with Gasteiger partial charge in [-0.1, -0.05) is 12.1 Å². The number of hydrogen-bond acceptors (Lipinski definition) is 5. The Bertz CT molecular complexity index is 1690. The molecule has 0 unspecified atom stereocenters. The van der Waals surface area contributed by atoms with E-state index in [1.807, 2.05) is 48.6 Å². The van der Waals surface area contributed by atoms with Crippen LogP contribution in [-0.2, 0) is 9.47 Å². The number of aromatic nitrogens is 4. The van der Waals surface area contributed by atoms with Crippen LogP contribution in [0.4, 0.5) is 0 Å². The molecular formula is C31H29ClN4O3. The summed E-state index contributed by atoms with van der Waals surface area (Å²) in [5, 5.41) is 0. The zero-order valence-corrected chi connectivity index (χ0v) is 22.3. The number of halogens is 1. The van der Waals surface area contributed by atoms with Gasteiger partial charge in [-0.2, -0.15) is 0 Å². The lowest BCUT2D eigenvalue weighted by molar-refractivity contribution is 0.0544. The molecule has 3 aromatic heterocycles. The molecule has 8 bridgehead atoms. The summed E-state index contributed by atoms with van der Waals surface area (Å²) >= 11 is 0. The Labute approximate surface area is 232 Å². The van der Waals surface area contributed by atoms with Crippen LogP contribution in [0.1, 0.15) is 22.8 Å². The SMILES string of the molecule is COCCOCCOc1cccc(-c2cc3cc4ccc(cc5nc(cc6nc(cc2[nH]3)C=C6)C=C5)[nH]4)c1.Cl. The number of methoxy groups -OCH3 is 1. The lowest BCUT2D eigenvalue weighted by atomic mass is 10.1. The Morgan fingerprint density at radius 3 is 2.10 bits per heavy atom. The van der Waals surface area contributed by atoms with Gasteiger partial charge in [0.1, 0.15) is 12.4 Å². The van der Waals surface area contributed by atoms with Crippen LogP contribution >= 0.6 is 12.4 Å². The molecule has 0 amide bonds. The number of benzene rings is 1. The first-order valence-corrected chi connectivity index (χ1v) is 12.6. The highest BCUT2D eigenvalue weighted by atomic mass is 35.5. The summed E-state index contributed by atoms with van der Waals surface area (Å²) in [5.41, 5.74) is 9.61. The van der Waals surface area contributed by atoms with Crippen molar-refractivity contribution in [1.82, 2.24) is 19.9 Å². The van der Waals surface area contributed by atoms with Gasteiger partial charge in [-0.3, -0.25) is 0 Å². The number of nitrogens with zero attached hydrogens (tertiary/aromatic N) is 2. The largest absolute Gasteiger partial charge is 0.491 e. The van der Waals surface area contributed by atoms with Gasteiger partial charge in [-0.15, -0.1) is 12.4 Å². The molecular weight excluding hydrogens is 512 g/mol. The number of fused-ring (bicyclic) bond motifs is 8. The van der Waals surface area contributed by atoms with Crippen LogP contribution in [0.2, 0.25) is 0 Å². The minimum absolute atomic E-state index is 0. The molecule has 0 fully saturated rings. The summed E-state index contributed by atoms with van der Waals surface area (Å²) < 4.78 is 16.5. The van der Waals surface area contributed by atoms with Crippen molar-refractivity contribution in [2.75, 3.05) is 33.5 Å². The molecule has 0 atom stereocenters. The van der Waals surface area contributed by atoms with Crippen LogP contribution in [0.15, 0.2) is 66.7 Å². The Kier molecular flexibility index (Phi) is 8.22. The maximum atomic E-state index is 5.95. The summed E-state index contributed by atoms with van der Waals surface area (Å²) in [5.74, 6) is 0.795. The highest BCUT2D eigenvalue weighted by Gasteiger charge is 2.08. The quantitative estimate of drug-likeness (QED) is 0.208. The summed E-state index contributed by atoms with van der Waals surface area (Å²) in [6.07, 6.45) is 8.05. The first-order valence-electron chi connectivity index (χ1n) is 12.6. The van der Waals surface area contributed by atoms with Crippen LogP contribution in [0.5, 0.6) is 5.75 Å². The van der Waals surface area contributed by atoms with E-state index in [-0.39, 0.29) is 12.4 Å². The lowest BCUT2D eigenvalue weighted by Crippen LogP contribution is -2.09. The van der Waals surface area contributed by atoms with Crippen LogP contribution in [0.3, 0.4) is 0 Å². The Hall–Kier alpha value is -4.17. The molecule has 0 saturated heterocycles. The van der Waals surface area contributed by atoms with E-state index in [2.05, 4.69) is 52.4 Å². The first kappa shape index (κ1) is 26.4. The minimum Gasteiger partial charge on any atom is -0.491 e. The molecule has 1 aromatic carbocycles. The maximum Gasteiger partial charge on any atom is 0.120 e. The number of aromatic amines is 2. The van der Waals surface area contributed by atoms with Gasteiger partial charge >= 0.3 is 0 Å². The van der Waals surface area contributed by atoms with Crippen molar-refractivity contribution >= 4 is 58.8 Å². The van der Waals surface area contributed by atoms with Gasteiger partial charge in [0, 0.05) is 34.7 Å². The highest BCUT2D eigenvalue weighted by Crippen LogP contribution is 2.30. The Morgan fingerprint density at radius 1 is 0.641 bits per heavy atom. The molecule has 0 spiro atoms. The van der Waals surface area contributed by atoms with Crippen LogP contribution in [0.25, 0.3) is 57.5 Å². The van der Waals surface area contributed by atoms with Gasteiger partial charge in [0.15, 0.2) is 0 Å². The summed E-state index contributed by atoms with van der Waals surface area (Å²) in [6, 6.07) is 22.6. The lowest BCUT2D eigenvalue weighted by Gasteiger charge is -2.08. The standard InChI is InChI=1S/C31H28N4O3.ClH/c1-36-11-12-37-13-14-38-29-4-2-3-21(15-29)30-19-28-18-26-8-7-24(33-26)16-22-5-6-23(32-22)17-25-9-10-27(34-25)20-31(30)35-28;/h2-10,15-20,33,35H,11-14H2,1H3;1H. The fraction of sp³-hybridized carbons (Fsp3) is 0.161. The van der Waals surface area contributed by atoms with Gasteiger partial charge in [0.2, 0.25) is 0 Å². The topological polar surface area (TPSA) is 85.0 Å². The van der Waals surface area contributed by atoms with Crippen molar-refractivity contribution in [3.63, 3.8) is 0 Å². The van der Waals surface area contributed by atoms with E-state index in [9.17, 15) is 0 Å². The van der Waals surface area contributed by atoms with Crippen molar-refractivity contribution in [2.24, 2.45) is 0 Å². The summed E-state index contributed by atoms with van der Waals surface area (Å²) in [7, 11) is 1.66. The predicted molar refractivity (Wildman–Crippen MR) is 160 cm³/mol. The molecule has 4 aromatic rings. The van der Waals surface area contributed by atoms with Gasteiger partial charge in [0.05, 0.1) is 42.6 Å². The molecule has 0 aliphatic carbocycles. The van der Waals surface area contributed by atoms with E-state index in [1.54, 1.807) is 7.11 Å². The van der Waals surface area contributed by atoms with Crippen molar-refractivity contribution in [2.45, 2.75) is 0 Å². The van der Waals surface area contributed by atoms with E-state index < -0.39 is 0 Å². The number of nitrogens with one attached hydrogen (secondary N) is 2. The van der Waals surface area contributed by atoms with Crippen molar-refractivity contribution in [3.8, 4) is 16.9 Å². The third kappa shape index (κ3) is 6.46. The number of hydrogen-bond donors (Lipinski definition) is 2. The van der Waals surface area contributed by atoms with Gasteiger partial charge in [-0.25, -0.2) is 9.97 Å².